The Bertz CT molecular complexity index is 308. The largest absolute Gasteiger partial charge is 0.207 e. The zero-order chi connectivity index (χ0) is 10.8. The molecule has 0 radical (unpaired) electrons. The highest BCUT2D eigenvalue weighted by molar-refractivity contribution is 5.23. The highest BCUT2D eigenvalue weighted by Crippen LogP contribution is 2.22. The summed E-state index contributed by atoms with van der Waals surface area (Å²) in [5, 5.41) is 0. The van der Waals surface area contributed by atoms with E-state index >= 15 is 0 Å². The lowest BCUT2D eigenvalue weighted by molar-refractivity contribution is 0.378. The molecule has 0 aliphatic carbocycles. The summed E-state index contributed by atoms with van der Waals surface area (Å²) in [4.78, 5) is 0. The molecule has 0 amide bonds. The van der Waals surface area contributed by atoms with Crippen LogP contribution in [0.2, 0.25) is 0 Å². The first-order valence-electron chi connectivity index (χ1n) is 5.13. The lowest BCUT2D eigenvalue weighted by Gasteiger charge is -2.17. The minimum atomic E-state index is -0.0867. The van der Waals surface area contributed by atoms with Gasteiger partial charge in [0.05, 0.1) is 0 Å². The number of benzene rings is 1. The maximum Gasteiger partial charge on any atom is 0.126 e. The minimum Gasteiger partial charge on any atom is -0.207 e. The Hall–Kier alpha value is -0.850. The molecule has 0 bridgehead atoms. The maximum absolute atomic E-state index is 13.2. The molecule has 0 nitrogen and oxygen atoms in total. The van der Waals surface area contributed by atoms with Crippen molar-refractivity contribution in [1.29, 1.82) is 0 Å². The summed E-state index contributed by atoms with van der Waals surface area (Å²) in [6, 6.07) is 5.53. The fourth-order valence-corrected chi connectivity index (χ4v) is 1.31. The molecule has 78 valence electrons. The number of halogens is 1. The fraction of sp³-hybridized carbons (Fsp3) is 0.538. The zero-order valence-corrected chi connectivity index (χ0v) is 9.52. The van der Waals surface area contributed by atoms with Crippen molar-refractivity contribution in [3.63, 3.8) is 0 Å². The molecular weight excluding hydrogens is 175 g/mol. The average Bonchev–Trinajstić information content (AvgIpc) is 2.06. The van der Waals surface area contributed by atoms with E-state index in [4.69, 9.17) is 0 Å². The Morgan fingerprint density at radius 1 is 1.21 bits per heavy atom. The van der Waals surface area contributed by atoms with E-state index < -0.39 is 0 Å². The number of rotatable bonds is 2. The molecule has 0 aliphatic heterocycles. The maximum atomic E-state index is 13.2. The van der Waals surface area contributed by atoms with Crippen molar-refractivity contribution in [3.05, 3.63) is 35.1 Å². The van der Waals surface area contributed by atoms with Crippen LogP contribution in [0.4, 0.5) is 4.39 Å². The van der Waals surface area contributed by atoms with E-state index in [9.17, 15) is 4.39 Å². The molecule has 0 N–H and O–H groups in total. The first-order valence-corrected chi connectivity index (χ1v) is 5.13. The molecule has 0 fully saturated rings. The molecule has 14 heavy (non-hydrogen) atoms. The van der Waals surface area contributed by atoms with Gasteiger partial charge in [-0.1, -0.05) is 32.9 Å². The van der Waals surface area contributed by atoms with Crippen molar-refractivity contribution < 1.29 is 4.39 Å². The summed E-state index contributed by atoms with van der Waals surface area (Å²) >= 11 is 0. The molecule has 1 aromatic carbocycles. The van der Waals surface area contributed by atoms with E-state index in [0.717, 1.165) is 24.0 Å². The van der Waals surface area contributed by atoms with Gasteiger partial charge in [-0.05, 0) is 42.4 Å². The molecule has 0 unspecified atom stereocenters. The molecule has 0 saturated carbocycles. The van der Waals surface area contributed by atoms with Gasteiger partial charge >= 0.3 is 0 Å². The van der Waals surface area contributed by atoms with Crippen molar-refractivity contribution in [2.45, 2.75) is 40.5 Å². The minimum absolute atomic E-state index is 0.0867. The smallest absolute Gasteiger partial charge is 0.126 e. The molecule has 1 heteroatoms. The summed E-state index contributed by atoms with van der Waals surface area (Å²) in [6.07, 6.45) is 2.05. The summed E-state index contributed by atoms with van der Waals surface area (Å²) in [5.41, 5.74) is 2.15. The van der Waals surface area contributed by atoms with Gasteiger partial charge in [0.15, 0.2) is 0 Å². The van der Waals surface area contributed by atoms with E-state index in [1.165, 1.54) is 0 Å². The van der Waals surface area contributed by atoms with Crippen LogP contribution in [0, 0.1) is 18.2 Å². The first kappa shape index (κ1) is 11.2. The normalized spacial score (nSPS) is 11.8. The molecule has 0 heterocycles. The predicted molar refractivity (Wildman–Crippen MR) is 58.9 cm³/mol. The Labute approximate surface area is 86.2 Å². The Morgan fingerprint density at radius 2 is 1.86 bits per heavy atom. The van der Waals surface area contributed by atoms with Crippen LogP contribution in [0.15, 0.2) is 18.2 Å². The van der Waals surface area contributed by atoms with Gasteiger partial charge in [0.25, 0.3) is 0 Å². The second-order valence-corrected chi connectivity index (χ2v) is 5.14. The van der Waals surface area contributed by atoms with Crippen LogP contribution in [0.25, 0.3) is 0 Å². The summed E-state index contributed by atoms with van der Waals surface area (Å²) in [5.74, 6) is -0.0867. The molecule has 1 aromatic rings. The molecule has 0 aromatic heterocycles. The van der Waals surface area contributed by atoms with Gasteiger partial charge in [0.1, 0.15) is 5.82 Å². The molecule has 0 saturated heterocycles. The quantitative estimate of drug-likeness (QED) is 0.664. The van der Waals surface area contributed by atoms with E-state index in [1.54, 1.807) is 13.0 Å². The lowest BCUT2D eigenvalue weighted by atomic mass is 9.88. The SMILES string of the molecule is Cc1ccc(CCC(C)(C)C)cc1F. The highest BCUT2D eigenvalue weighted by Gasteiger charge is 2.10. The van der Waals surface area contributed by atoms with Crippen molar-refractivity contribution in [1.82, 2.24) is 0 Å². The van der Waals surface area contributed by atoms with Crippen LogP contribution in [0.5, 0.6) is 0 Å². The van der Waals surface area contributed by atoms with Crippen LogP contribution in [-0.4, -0.2) is 0 Å². The second-order valence-electron chi connectivity index (χ2n) is 5.14. The summed E-state index contributed by atoms with van der Waals surface area (Å²) in [7, 11) is 0. The van der Waals surface area contributed by atoms with E-state index in [-0.39, 0.29) is 5.82 Å². The lowest BCUT2D eigenvalue weighted by Crippen LogP contribution is -2.06. The van der Waals surface area contributed by atoms with Gasteiger partial charge in [-0.25, -0.2) is 4.39 Å². The third-order valence-corrected chi connectivity index (χ3v) is 2.40. The van der Waals surface area contributed by atoms with Crippen molar-refractivity contribution in [2.24, 2.45) is 5.41 Å². The van der Waals surface area contributed by atoms with Crippen LogP contribution in [-0.2, 0) is 6.42 Å². The number of hydrogen-bond donors (Lipinski definition) is 0. The van der Waals surface area contributed by atoms with Gasteiger partial charge < -0.3 is 0 Å². The summed E-state index contributed by atoms with van der Waals surface area (Å²) < 4.78 is 13.2. The molecule has 0 spiro atoms. The van der Waals surface area contributed by atoms with Crippen molar-refractivity contribution >= 4 is 0 Å². The Morgan fingerprint density at radius 3 is 2.36 bits per heavy atom. The van der Waals surface area contributed by atoms with Gasteiger partial charge in [-0.3, -0.25) is 0 Å². The first-order chi connectivity index (χ1) is 6.38. The van der Waals surface area contributed by atoms with E-state index in [1.807, 2.05) is 12.1 Å². The molecule has 1 rings (SSSR count). The molecular formula is C13H19F. The van der Waals surface area contributed by atoms with Gasteiger partial charge in [-0.2, -0.15) is 0 Å². The zero-order valence-electron chi connectivity index (χ0n) is 9.52. The summed E-state index contributed by atoms with van der Waals surface area (Å²) in [6.45, 7) is 8.41. The van der Waals surface area contributed by atoms with Crippen LogP contribution in [0.1, 0.15) is 38.3 Å². The second kappa shape index (κ2) is 4.12. The van der Waals surface area contributed by atoms with E-state index in [0.29, 0.717) is 5.41 Å². The third kappa shape index (κ3) is 3.49. The standard InChI is InChI=1S/C13H19F/c1-10-5-6-11(9-12(10)14)7-8-13(2,3)4/h5-6,9H,7-8H2,1-4H3. The average molecular weight is 194 g/mol. The Balaban J connectivity index is 2.65. The van der Waals surface area contributed by atoms with Crippen molar-refractivity contribution in [2.75, 3.05) is 0 Å². The Kier molecular flexibility index (Phi) is 3.30. The monoisotopic (exact) mass is 194 g/mol. The molecule has 0 atom stereocenters. The van der Waals surface area contributed by atoms with Crippen molar-refractivity contribution in [3.8, 4) is 0 Å². The van der Waals surface area contributed by atoms with Gasteiger partial charge in [0, 0.05) is 0 Å². The fourth-order valence-electron chi connectivity index (χ4n) is 1.31. The predicted octanol–water partition coefficient (Wildman–Crippen LogP) is 4.11. The topological polar surface area (TPSA) is 0 Å². The number of hydrogen-bond acceptors (Lipinski definition) is 0. The van der Waals surface area contributed by atoms with E-state index in [2.05, 4.69) is 20.8 Å². The third-order valence-electron chi connectivity index (χ3n) is 2.40. The van der Waals surface area contributed by atoms with Gasteiger partial charge in [0.2, 0.25) is 0 Å². The highest BCUT2D eigenvalue weighted by atomic mass is 19.1. The molecule has 0 aliphatic rings. The van der Waals surface area contributed by atoms with Crippen LogP contribution < -0.4 is 0 Å². The number of aryl methyl sites for hydroxylation is 2. The van der Waals surface area contributed by atoms with Crippen LogP contribution >= 0.6 is 0 Å². The van der Waals surface area contributed by atoms with Crippen LogP contribution in [0.3, 0.4) is 0 Å². The van der Waals surface area contributed by atoms with Gasteiger partial charge in [-0.15, -0.1) is 0 Å².